The molecule has 1 aromatic heterocycles. The van der Waals surface area contributed by atoms with E-state index in [1.165, 1.54) is 11.8 Å². The average Bonchev–Trinajstić information content (AvgIpc) is 2.71. The normalized spacial score (nSPS) is 14.8. The number of nitrogens with zero attached hydrogens (tertiary/aromatic N) is 3. The third-order valence-corrected chi connectivity index (χ3v) is 2.35. The van der Waals surface area contributed by atoms with Crippen molar-refractivity contribution < 1.29 is 19.7 Å². The van der Waals surface area contributed by atoms with Gasteiger partial charge in [0.25, 0.3) is 0 Å². The van der Waals surface area contributed by atoms with E-state index in [9.17, 15) is 4.79 Å². The van der Waals surface area contributed by atoms with E-state index in [-0.39, 0.29) is 18.3 Å². The minimum atomic E-state index is -1.16. The number of carbonyl (C=O) groups is 1. The molecule has 0 aliphatic carbocycles. The lowest BCUT2D eigenvalue weighted by molar-refractivity contribution is 0.0671. The van der Waals surface area contributed by atoms with Crippen LogP contribution in [0, 0.1) is 0 Å². The summed E-state index contributed by atoms with van der Waals surface area (Å²) < 4.78 is 6.45. The van der Waals surface area contributed by atoms with Crippen LogP contribution in [0.25, 0.3) is 0 Å². The van der Waals surface area contributed by atoms with Crippen LogP contribution in [0.1, 0.15) is 42.2 Å². The minimum absolute atomic E-state index is 0.144. The van der Waals surface area contributed by atoms with Crippen molar-refractivity contribution in [3.63, 3.8) is 0 Å². The quantitative estimate of drug-likeness (QED) is 0.750. The van der Waals surface area contributed by atoms with Crippen LogP contribution in [0.15, 0.2) is 0 Å². The Labute approximate surface area is 92.6 Å². The summed E-state index contributed by atoms with van der Waals surface area (Å²) in [6, 6.07) is -0.340. The van der Waals surface area contributed by atoms with E-state index in [4.69, 9.17) is 14.9 Å². The fourth-order valence-electron chi connectivity index (χ4n) is 1.35. The summed E-state index contributed by atoms with van der Waals surface area (Å²) in [6.45, 7) is 3.27. The van der Waals surface area contributed by atoms with Crippen molar-refractivity contribution in [3.05, 3.63) is 11.4 Å². The Morgan fingerprint density at radius 2 is 2.19 bits per heavy atom. The number of hydrogen-bond donors (Lipinski definition) is 2. The molecule has 0 spiro atoms. The highest BCUT2D eigenvalue weighted by Gasteiger charge is 2.25. The summed E-state index contributed by atoms with van der Waals surface area (Å²) in [7, 11) is 1.47. The third kappa shape index (κ3) is 2.20. The molecule has 2 unspecified atom stereocenters. The van der Waals surface area contributed by atoms with Crippen LogP contribution in [-0.4, -0.2) is 44.9 Å². The van der Waals surface area contributed by atoms with Crippen molar-refractivity contribution in [1.82, 2.24) is 15.0 Å². The number of aromatic carboxylic acids is 1. The molecule has 7 nitrogen and oxygen atoms in total. The van der Waals surface area contributed by atoms with Gasteiger partial charge in [-0.25, -0.2) is 9.48 Å². The van der Waals surface area contributed by atoms with Crippen LogP contribution in [0.2, 0.25) is 0 Å². The number of aromatic nitrogens is 3. The molecule has 16 heavy (non-hydrogen) atoms. The average molecular weight is 229 g/mol. The summed E-state index contributed by atoms with van der Waals surface area (Å²) in [6.07, 6.45) is -0.449. The van der Waals surface area contributed by atoms with Crippen LogP contribution in [0.5, 0.6) is 0 Å². The predicted molar refractivity (Wildman–Crippen MR) is 54.2 cm³/mol. The number of aliphatic hydroxyl groups excluding tert-OH is 1. The first-order chi connectivity index (χ1) is 7.52. The van der Waals surface area contributed by atoms with Crippen LogP contribution in [0.4, 0.5) is 0 Å². The third-order valence-electron chi connectivity index (χ3n) is 2.35. The second-order valence-corrected chi connectivity index (χ2v) is 3.48. The highest BCUT2D eigenvalue weighted by Crippen LogP contribution is 2.21. The number of methoxy groups -OCH3 is 1. The Morgan fingerprint density at radius 3 is 2.62 bits per heavy atom. The Hall–Kier alpha value is -1.47. The van der Waals surface area contributed by atoms with Gasteiger partial charge in [-0.05, 0) is 13.8 Å². The standard InChI is InChI=1S/C9H15N3O4/c1-5(4-13)12-8(6(2)16-3)7(9(14)15)10-11-12/h5-6,13H,4H2,1-3H3,(H,14,15). The smallest absolute Gasteiger partial charge is 0.358 e. The summed E-state index contributed by atoms with van der Waals surface area (Å²) in [5, 5.41) is 25.3. The molecule has 0 radical (unpaired) electrons. The van der Waals surface area contributed by atoms with Crippen molar-refractivity contribution in [2.75, 3.05) is 13.7 Å². The molecule has 1 aromatic rings. The predicted octanol–water partition coefficient (Wildman–Crippen LogP) is 0.237. The van der Waals surface area contributed by atoms with Gasteiger partial charge in [-0.15, -0.1) is 5.10 Å². The number of rotatable bonds is 5. The van der Waals surface area contributed by atoms with Gasteiger partial charge < -0.3 is 14.9 Å². The van der Waals surface area contributed by atoms with Gasteiger partial charge in [-0.1, -0.05) is 5.21 Å². The highest BCUT2D eigenvalue weighted by atomic mass is 16.5. The molecular weight excluding hydrogens is 214 g/mol. The van der Waals surface area contributed by atoms with Crippen molar-refractivity contribution >= 4 is 5.97 Å². The Morgan fingerprint density at radius 1 is 1.56 bits per heavy atom. The van der Waals surface area contributed by atoms with E-state index in [0.29, 0.717) is 5.69 Å². The van der Waals surface area contributed by atoms with E-state index in [0.717, 1.165) is 0 Å². The summed E-state index contributed by atoms with van der Waals surface area (Å²) in [4.78, 5) is 10.9. The molecule has 0 aliphatic heterocycles. The van der Waals surface area contributed by atoms with Crippen LogP contribution >= 0.6 is 0 Å². The lowest BCUT2D eigenvalue weighted by Crippen LogP contribution is -2.17. The van der Waals surface area contributed by atoms with E-state index in [2.05, 4.69) is 10.3 Å². The van der Waals surface area contributed by atoms with Gasteiger partial charge in [0.1, 0.15) is 5.69 Å². The Balaban J connectivity index is 3.24. The molecule has 0 aromatic carbocycles. The van der Waals surface area contributed by atoms with E-state index in [1.807, 2.05) is 0 Å². The molecule has 0 saturated heterocycles. The van der Waals surface area contributed by atoms with Gasteiger partial charge in [-0.3, -0.25) is 0 Å². The summed E-state index contributed by atoms with van der Waals surface area (Å²) >= 11 is 0. The maximum atomic E-state index is 10.9. The largest absolute Gasteiger partial charge is 0.476 e. The van der Waals surface area contributed by atoms with E-state index < -0.39 is 12.1 Å². The molecule has 1 rings (SSSR count). The zero-order valence-corrected chi connectivity index (χ0v) is 9.41. The van der Waals surface area contributed by atoms with Gasteiger partial charge in [0, 0.05) is 7.11 Å². The SMILES string of the molecule is COC(C)c1c(C(=O)O)nnn1C(C)CO. The molecule has 0 fully saturated rings. The molecule has 1 heterocycles. The van der Waals surface area contributed by atoms with Gasteiger partial charge >= 0.3 is 5.97 Å². The van der Waals surface area contributed by atoms with Gasteiger partial charge in [-0.2, -0.15) is 0 Å². The summed E-state index contributed by atoms with van der Waals surface area (Å²) in [5.41, 5.74) is 0.214. The minimum Gasteiger partial charge on any atom is -0.476 e. The number of carboxylic acid groups (broad SMARTS) is 1. The zero-order chi connectivity index (χ0) is 12.3. The lowest BCUT2D eigenvalue weighted by Gasteiger charge is -2.16. The van der Waals surface area contributed by atoms with E-state index in [1.54, 1.807) is 13.8 Å². The number of carboxylic acids is 1. The molecule has 0 amide bonds. The van der Waals surface area contributed by atoms with Crippen LogP contribution < -0.4 is 0 Å². The topological polar surface area (TPSA) is 97.5 Å². The van der Waals surface area contributed by atoms with Crippen molar-refractivity contribution in [1.29, 1.82) is 0 Å². The molecular formula is C9H15N3O4. The molecule has 7 heteroatoms. The van der Waals surface area contributed by atoms with Crippen LogP contribution in [-0.2, 0) is 4.74 Å². The maximum absolute atomic E-state index is 10.9. The number of hydrogen-bond acceptors (Lipinski definition) is 5. The van der Waals surface area contributed by atoms with Gasteiger partial charge in [0.15, 0.2) is 5.69 Å². The first kappa shape index (κ1) is 12.6. The molecule has 90 valence electrons. The fraction of sp³-hybridized carbons (Fsp3) is 0.667. The zero-order valence-electron chi connectivity index (χ0n) is 9.41. The lowest BCUT2D eigenvalue weighted by atomic mass is 10.2. The van der Waals surface area contributed by atoms with Crippen LogP contribution in [0.3, 0.4) is 0 Å². The second-order valence-electron chi connectivity index (χ2n) is 3.48. The molecule has 2 atom stereocenters. The first-order valence-corrected chi connectivity index (χ1v) is 4.84. The molecule has 2 N–H and O–H groups in total. The number of ether oxygens (including phenoxy) is 1. The van der Waals surface area contributed by atoms with Crippen molar-refractivity contribution in [3.8, 4) is 0 Å². The van der Waals surface area contributed by atoms with Gasteiger partial charge in [0.2, 0.25) is 0 Å². The first-order valence-electron chi connectivity index (χ1n) is 4.84. The molecule has 0 aliphatic rings. The second kappa shape index (κ2) is 5.04. The highest BCUT2D eigenvalue weighted by molar-refractivity contribution is 5.86. The maximum Gasteiger partial charge on any atom is 0.358 e. The molecule has 0 bridgehead atoms. The number of aliphatic hydroxyl groups is 1. The Bertz CT molecular complexity index is 377. The summed E-state index contributed by atoms with van der Waals surface area (Å²) in [5.74, 6) is -1.16. The van der Waals surface area contributed by atoms with E-state index >= 15 is 0 Å². The monoisotopic (exact) mass is 229 g/mol. The Kier molecular flexibility index (Phi) is 3.97. The van der Waals surface area contributed by atoms with Crippen molar-refractivity contribution in [2.45, 2.75) is 26.0 Å². The fourth-order valence-corrected chi connectivity index (χ4v) is 1.35. The molecule has 0 saturated carbocycles. The van der Waals surface area contributed by atoms with Gasteiger partial charge in [0.05, 0.1) is 18.8 Å². The van der Waals surface area contributed by atoms with Crippen molar-refractivity contribution in [2.24, 2.45) is 0 Å².